The summed E-state index contributed by atoms with van der Waals surface area (Å²) in [4.78, 5) is 21.8. The lowest BCUT2D eigenvalue weighted by molar-refractivity contribution is 0.0988. The SMILES string of the molecule is CCC(=O)c1ccc2nc(-c3ccccc3)c(-c3ccccc3)nc2c1. The van der Waals surface area contributed by atoms with Gasteiger partial charge in [-0.3, -0.25) is 4.79 Å². The van der Waals surface area contributed by atoms with E-state index in [9.17, 15) is 4.79 Å². The van der Waals surface area contributed by atoms with Crippen molar-refractivity contribution in [3.05, 3.63) is 84.4 Å². The van der Waals surface area contributed by atoms with Gasteiger partial charge in [-0.25, -0.2) is 9.97 Å². The van der Waals surface area contributed by atoms with Crippen LogP contribution in [0.15, 0.2) is 78.9 Å². The van der Waals surface area contributed by atoms with Crippen LogP contribution >= 0.6 is 0 Å². The number of fused-ring (bicyclic) bond motifs is 1. The monoisotopic (exact) mass is 338 g/mol. The van der Waals surface area contributed by atoms with Gasteiger partial charge in [0.05, 0.1) is 22.4 Å². The van der Waals surface area contributed by atoms with Crippen molar-refractivity contribution in [1.82, 2.24) is 9.97 Å². The van der Waals surface area contributed by atoms with Crippen LogP contribution in [0, 0.1) is 0 Å². The van der Waals surface area contributed by atoms with Crippen LogP contribution in [0.1, 0.15) is 23.7 Å². The average Bonchev–Trinajstić information content (AvgIpc) is 2.73. The largest absolute Gasteiger partial charge is 0.294 e. The van der Waals surface area contributed by atoms with Gasteiger partial charge in [0, 0.05) is 23.1 Å². The highest BCUT2D eigenvalue weighted by Crippen LogP contribution is 2.31. The van der Waals surface area contributed by atoms with Crippen LogP contribution in [0.4, 0.5) is 0 Å². The molecule has 0 spiro atoms. The maximum Gasteiger partial charge on any atom is 0.162 e. The van der Waals surface area contributed by atoms with Crippen molar-refractivity contribution in [2.75, 3.05) is 0 Å². The molecule has 1 aromatic heterocycles. The third-order valence-electron chi connectivity index (χ3n) is 4.40. The molecule has 0 aliphatic rings. The highest BCUT2D eigenvalue weighted by Gasteiger charge is 2.14. The zero-order valence-corrected chi connectivity index (χ0v) is 14.5. The highest BCUT2D eigenvalue weighted by atomic mass is 16.1. The molecule has 3 heteroatoms. The van der Waals surface area contributed by atoms with Gasteiger partial charge in [-0.1, -0.05) is 67.6 Å². The Labute approximate surface area is 152 Å². The summed E-state index contributed by atoms with van der Waals surface area (Å²) in [5, 5.41) is 0. The molecule has 0 aliphatic carbocycles. The molecule has 0 bridgehead atoms. The average molecular weight is 338 g/mol. The van der Waals surface area contributed by atoms with Gasteiger partial charge in [-0.05, 0) is 18.2 Å². The van der Waals surface area contributed by atoms with Crippen molar-refractivity contribution in [1.29, 1.82) is 0 Å². The molecular weight excluding hydrogens is 320 g/mol. The van der Waals surface area contributed by atoms with Crippen molar-refractivity contribution < 1.29 is 4.79 Å². The fourth-order valence-electron chi connectivity index (χ4n) is 3.03. The minimum absolute atomic E-state index is 0.113. The smallest absolute Gasteiger partial charge is 0.162 e. The lowest BCUT2D eigenvalue weighted by atomic mass is 10.0. The van der Waals surface area contributed by atoms with E-state index in [0.29, 0.717) is 12.0 Å². The van der Waals surface area contributed by atoms with Crippen molar-refractivity contribution >= 4 is 16.8 Å². The molecular formula is C23H18N2O. The van der Waals surface area contributed by atoms with E-state index in [2.05, 4.69) is 0 Å². The number of carbonyl (C=O) groups excluding carboxylic acids is 1. The Kier molecular flexibility index (Phi) is 4.28. The highest BCUT2D eigenvalue weighted by molar-refractivity contribution is 5.99. The van der Waals surface area contributed by atoms with Crippen LogP contribution in [0.5, 0.6) is 0 Å². The number of carbonyl (C=O) groups is 1. The van der Waals surface area contributed by atoms with E-state index in [1.165, 1.54) is 0 Å². The molecule has 0 radical (unpaired) electrons. The topological polar surface area (TPSA) is 42.9 Å². The fourth-order valence-corrected chi connectivity index (χ4v) is 3.03. The first-order valence-electron chi connectivity index (χ1n) is 8.72. The number of ketones is 1. The number of hydrogen-bond acceptors (Lipinski definition) is 3. The van der Waals surface area contributed by atoms with Gasteiger partial charge in [0.25, 0.3) is 0 Å². The second-order valence-corrected chi connectivity index (χ2v) is 6.13. The minimum atomic E-state index is 0.113. The van der Waals surface area contributed by atoms with E-state index >= 15 is 0 Å². The standard InChI is InChI=1S/C23H18N2O/c1-2-21(26)18-13-14-19-20(15-18)25-23(17-11-7-4-8-12-17)22(24-19)16-9-5-3-6-10-16/h3-15H,2H2,1H3. The van der Waals surface area contributed by atoms with Gasteiger partial charge in [0.15, 0.2) is 5.78 Å². The van der Waals surface area contributed by atoms with Gasteiger partial charge >= 0.3 is 0 Å². The van der Waals surface area contributed by atoms with Crippen LogP contribution < -0.4 is 0 Å². The molecule has 0 fully saturated rings. The zero-order chi connectivity index (χ0) is 17.9. The number of rotatable bonds is 4. The number of aromatic nitrogens is 2. The van der Waals surface area contributed by atoms with Crippen LogP contribution in [-0.2, 0) is 0 Å². The Bertz CT molecular complexity index is 1070. The summed E-state index contributed by atoms with van der Waals surface area (Å²) >= 11 is 0. The number of nitrogens with zero attached hydrogens (tertiary/aromatic N) is 2. The molecule has 0 saturated heterocycles. The van der Waals surface area contributed by atoms with Gasteiger partial charge in [-0.2, -0.15) is 0 Å². The lowest BCUT2D eigenvalue weighted by Crippen LogP contribution is -1.99. The number of benzene rings is 3. The van der Waals surface area contributed by atoms with Crippen LogP contribution in [0.2, 0.25) is 0 Å². The quantitative estimate of drug-likeness (QED) is 0.458. The Morgan fingerprint density at radius 2 is 1.27 bits per heavy atom. The second-order valence-electron chi connectivity index (χ2n) is 6.13. The van der Waals surface area contributed by atoms with Crippen LogP contribution in [-0.4, -0.2) is 15.8 Å². The summed E-state index contributed by atoms with van der Waals surface area (Å²) in [6.07, 6.45) is 0.479. The minimum Gasteiger partial charge on any atom is -0.294 e. The van der Waals surface area contributed by atoms with E-state index < -0.39 is 0 Å². The third kappa shape index (κ3) is 3.00. The summed E-state index contributed by atoms with van der Waals surface area (Å²) in [5.41, 5.74) is 5.91. The number of hydrogen-bond donors (Lipinski definition) is 0. The lowest BCUT2D eigenvalue weighted by Gasteiger charge is -2.11. The molecule has 3 aromatic carbocycles. The molecule has 3 nitrogen and oxygen atoms in total. The van der Waals surface area contributed by atoms with Gasteiger partial charge in [-0.15, -0.1) is 0 Å². The summed E-state index contributed by atoms with van der Waals surface area (Å²) < 4.78 is 0. The van der Waals surface area contributed by atoms with Crippen LogP contribution in [0.3, 0.4) is 0 Å². The summed E-state index contributed by atoms with van der Waals surface area (Å²) in [7, 11) is 0. The molecule has 0 unspecified atom stereocenters. The van der Waals surface area contributed by atoms with E-state index in [0.717, 1.165) is 33.5 Å². The fraction of sp³-hybridized carbons (Fsp3) is 0.0870. The normalized spacial score (nSPS) is 10.8. The summed E-state index contributed by atoms with van der Waals surface area (Å²) in [5.74, 6) is 0.113. The first-order valence-corrected chi connectivity index (χ1v) is 8.72. The Balaban J connectivity index is 1.98. The first-order chi connectivity index (χ1) is 12.8. The Morgan fingerprint density at radius 1 is 0.731 bits per heavy atom. The van der Waals surface area contributed by atoms with Crippen molar-refractivity contribution in [3.63, 3.8) is 0 Å². The molecule has 0 atom stereocenters. The molecule has 126 valence electrons. The maximum absolute atomic E-state index is 12.1. The van der Waals surface area contributed by atoms with Crippen molar-refractivity contribution in [2.24, 2.45) is 0 Å². The van der Waals surface area contributed by atoms with Gasteiger partial charge in [0.1, 0.15) is 0 Å². The predicted molar refractivity (Wildman–Crippen MR) is 105 cm³/mol. The number of Topliss-reactive ketones (excluding diaryl/α,β-unsaturated/α-hetero) is 1. The van der Waals surface area contributed by atoms with E-state index in [1.807, 2.05) is 85.8 Å². The second kappa shape index (κ2) is 6.89. The van der Waals surface area contributed by atoms with Crippen molar-refractivity contribution in [2.45, 2.75) is 13.3 Å². The Morgan fingerprint density at radius 3 is 1.81 bits per heavy atom. The third-order valence-corrected chi connectivity index (χ3v) is 4.40. The molecule has 1 heterocycles. The molecule has 26 heavy (non-hydrogen) atoms. The summed E-state index contributed by atoms with van der Waals surface area (Å²) in [6, 6.07) is 25.7. The molecule has 4 aromatic rings. The summed E-state index contributed by atoms with van der Waals surface area (Å²) in [6.45, 7) is 1.87. The van der Waals surface area contributed by atoms with E-state index in [4.69, 9.17) is 9.97 Å². The van der Waals surface area contributed by atoms with E-state index in [1.54, 1.807) is 0 Å². The molecule has 4 rings (SSSR count). The predicted octanol–water partition coefficient (Wildman–Crippen LogP) is 5.56. The van der Waals surface area contributed by atoms with Crippen LogP contribution in [0.25, 0.3) is 33.5 Å². The zero-order valence-electron chi connectivity index (χ0n) is 14.5. The molecule has 0 N–H and O–H groups in total. The molecule has 0 aliphatic heterocycles. The van der Waals surface area contributed by atoms with Gasteiger partial charge in [0.2, 0.25) is 0 Å². The van der Waals surface area contributed by atoms with E-state index in [-0.39, 0.29) is 5.78 Å². The van der Waals surface area contributed by atoms with Gasteiger partial charge < -0.3 is 0 Å². The first kappa shape index (κ1) is 16.2. The van der Waals surface area contributed by atoms with Crippen molar-refractivity contribution in [3.8, 4) is 22.5 Å². The molecule has 0 saturated carbocycles. The maximum atomic E-state index is 12.1. The molecule has 0 amide bonds. The Hall–Kier alpha value is -3.33.